The van der Waals surface area contributed by atoms with Crippen LogP contribution in [0.15, 0.2) is 6.33 Å². The number of aromatic nitrogens is 2. The summed E-state index contributed by atoms with van der Waals surface area (Å²) in [6.07, 6.45) is 1.45. The van der Waals surface area contributed by atoms with E-state index in [1.165, 1.54) is 25.0 Å². The first kappa shape index (κ1) is 8.92. The highest BCUT2D eigenvalue weighted by Gasteiger charge is 2.08. The maximum atomic E-state index is 10.8. The van der Waals surface area contributed by atoms with E-state index in [0.717, 1.165) is 0 Å². The van der Waals surface area contributed by atoms with Crippen LogP contribution in [0, 0.1) is 0 Å². The number of carbonyl (C=O) groups is 1. The molecule has 0 radical (unpaired) electrons. The molecule has 66 valence electrons. The highest BCUT2D eigenvalue weighted by Crippen LogP contribution is 2.11. The van der Waals surface area contributed by atoms with Crippen molar-refractivity contribution in [1.29, 1.82) is 0 Å². The van der Waals surface area contributed by atoms with E-state index in [9.17, 15) is 4.79 Å². The Kier molecular flexibility index (Phi) is 2.98. The number of anilines is 1. The Morgan fingerprint density at radius 3 is 3.08 bits per heavy atom. The number of likely N-dealkylation sites (N-methyl/N-ethyl adjacent to an activating group) is 1. The van der Waals surface area contributed by atoms with Crippen LogP contribution in [0.25, 0.3) is 0 Å². The lowest BCUT2D eigenvalue weighted by atomic mass is 10.6. The molecule has 0 aromatic carbocycles. The third-order valence-corrected chi connectivity index (χ3v) is 2.05. The van der Waals surface area contributed by atoms with Crippen molar-refractivity contribution >= 4 is 22.6 Å². The average molecular weight is 187 g/mol. The van der Waals surface area contributed by atoms with Crippen LogP contribution in [-0.4, -0.2) is 36.0 Å². The van der Waals surface area contributed by atoms with E-state index in [4.69, 9.17) is 0 Å². The second-order valence-corrected chi connectivity index (χ2v) is 2.91. The van der Waals surface area contributed by atoms with Gasteiger partial charge in [-0.3, -0.25) is 4.79 Å². The molecule has 1 aromatic heterocycles. The summed E-state index contributed by atoms with van der Waals surface area (Å²) in [5.74, 6) is -0.285. The van der Waals surface area contributed by atoms with Gasteiger partial charge in [-0.25, -0.2) is 4.98 Å². The van der Waals surface area contributed by atoms with Crippen molar-refractivity contribution in [3.05, 3.63) is 6.33 Å². The van der Waals surface area contributed by atoms with Crippen molar-refractivity contribution in [2.75, 3.05) is 25.6 Å². The van der Waals surface area contributed by atoms with Crippen LogP contribution in [0.3, 0.4) is 0 Å². The van der Waals surface area contributed by atoms with E-state index >= 15 is 0 Å². The Labute approximate surface area is 74.1 Å². The van der Waals surface area contributed by atoms with Gasteiger partial charge in [-0.15, -0.1) is 0 Å². The van der Waals surface area contributed by atoms with Gasteiger partial charge in [0.05, 0.1) is 7.11 Å². The lowest BCUT2D eigenvalue weighted by Crippen LogP contribution is -2.26. The summed E-state index contributed by atoms with van der Waals surface area (Å²) in [5, 5.41) is 0.709. The summed E-state index contributed by atoms with van der Waals surface area (Å²) in [4.78, 5) is 16.4. The average Bonchev–Trinajstić information content (AvgIpc) is 2.56. The second kappa shape index (κ2) is 4.01. The number of methoxy groups -OCH3 is 1. The molecule has 0 spiro atoms. The fourth-order valence-electron chi connectivity index (χ4n) is 0.661. The lowest BCUT2D eigenvalue weighted by molar-refractivity contribution is -0.138. The first-order valence-electron chi connectivity index (χ1n) is 3.28. The molecule has 0 aliphatic heterocycles. The van der Waals surface area contributed by atoms with Crippen molar-refractivity contribution in [2.24, 2.45) is 0 Å². The largest absolute Gasteiger partial charge is 0.468 e. The SMILES string of the molecule is COC(=O)CN(C)c1ncns1. The van der Waals surface area contributed by atoms with Crippen molar-refractivity contribution in [1.82, 2.24) is 9.36 Å². The molecular weight excluding hydrogens is 178 g/mol. The molecule has 0 saturated carbocycles. The van der Waals surface area contributed by atoms with E-state index in [2.05, 4.69) is 14.1 Å². The number of nitrogens with zero attached hydrogens (tertiary/aromatic N) is 3. The Hall–Kier alpha value is -1.17. The van der Waals surface area contributed by atoms with Crippen LogP contribution >= 0.6 is 11.5 Å². The molecule has 0 bridgehead atoms. The Bertz CT molecular complexity index is 249. The second-order valence-electron chi connectivity index (χ2n) is 2.16. The van der Waals surface area contributed by atoms with Gasteiger partial charge in [-0.2, -0.15) is 4.37 Å². The number of hydrogen-bond acceptors (Lipinski definition) is 6. The zero-order valence-corrected chi connectivity index (χ0v) is 7.67. The summed E-state index contributed by atoms with van der Waals surface area (Å²) in [6.45, 7) is 0.200. The number of carbonyl (C=O) groups excluding carboxylic acids is 1. The van der Waals surface area contributed by atoms with Crippen molar-refractivity contribution in [3.8, 4) is 0 Å². The number of hydrogen-bond donors (Lipinski definition) is 0. The van der Waals surface area contributed by atoms with E-state index in [0.29, 0.717) is 5.13 Å². The number of esters is 1. The molecule has 0 aliphatic rings. The Morgan fingerprint density at radius 1 is 1.83 bits per heavy atom. The normalized spacial score (nSPS) is 9.50. The minimum atomic E-state index is -0.285. The van der Waals surface area contributed by atoms with Crippen molar-refractivity contribution < 1.29 is 9.53 Å². The summed E-state index contributed by atoms with van der Waals surface area (Å²) < 4.78 is 8.31. The topological polar surface area (TPSA) is 55.3 Å². The zero-order valence-electron chi connectivity index (χ0n) is 6.85. The molecule has 0 unspecified atom stereocenters. The fraction of sp³-hybridized carbons (Fsp3) is 0.500. The molecule has 5 nitrogen and oxygen atoms in total. The zero-order chi connectivity index (χ0) is 8.97. The summed E-state index contributed by atoms with van der Waals surface area (Å²) in [7, 11) is 3.12. The Morgan fingerprint density at radius 2 is 2.58 bits per heavy atom. The predicted octanol–water partition coefficient (Wildman–Crippen LogP) is 0.147. The van der Waals surface area contributed by atoms with Gasteiger partial charge in [0.25, 0.3) is 0 Å². The predicted molar refractivity (Wildman–Crippen MR) is 45.2 cm³/mol. The Balaban J connectivity index is 2.49. The monoisotopic (exact) mass is 187 g/mol. The number of ether oxygens (including phenoxy) is 1. The lowest BCUT2D eigenvalue weighted by Gasteiger charge is -2.12. The number of rotatable bonds is 3. The van der Waals surface area contributed by atoms with Crippen molar-refractivity contribution in [2.45, 2.75) is 0 Å². The van der Waals surface area contributed by atoms with Crippen LogP contribution in [0.4, 0.5) is 5.13 Å². The summed E-state index contributed by atoms with van der Waals surface area (Å²) in [6, 6.07) is 0. The van der Waals surface area contributed by atoms with Gasteiger partial charge in [-0.1, -0.05) is 0 Å². The molecule has 0 fully saturated rings. The van der Waals surface area contributed by atoms with E-state index in [-0.39, 0.29) is 12.5 Å². The van der Waals surface area contributed by atoms with Crippen LogP contribution in [-0.2, 0) is 9.53 Å². The molecule has 1 aromatic rings. The van der Waals surface area contributed by atoms with Crippen molar-refractivity contribution in [3.63, 3.8) is 0 Å². The standard InChI is InChI=1S/C6H9N3O2S/c1-9(3-5(10)11-2)6-7-4-8-12-6/h4H,3H2,1-2H3. The highest BCUT2D eigenvalue weighted by atomic mass is 32.1. The minimum Gasteiger partial charge on any atom is -0.468 e. The van der Waals surface area contributed by atoms with Crippen LogP contribution in [0.5, 0.6) is 0 Å². The molecular formula is C6H9N3O2S. The van der Waals surface area contributed by atoms with E-state index < -0.39 is 0 Å². The molecule has 0 amide bonds. The molecule has 0 saturated heterocycles. The molecule has 12 heavy (non-hydrogen) atoms. The van der Waals surface area contributed by atoms with E-state index in [1.807, 2.05) is 0 Å². The van der Waals surface area contributed by atoms with Gasteiger partial charge in [-0.05, 0) is 0 Å². The molecule has 0 atom stereocenters. The molecule has 1 heterocycles. The highest BCUT2D eigenvalue weighted by molar-refractivity contribution is 7.09. The van der Waals surface area contributed by atoms with Gasteiger partial charge in [0, 0.05) is 18.6 Å². The van der Waals surface area contributed by atoms with Crippen LogP contribution < -0.4 is 4.90 Å². The van der Waals surface area contributed by atoms with Gasteiger partial charge in [0.15, 0.2) is 0 Å². The summed E-state index contributed by atoms with van der Waals surface area (Å²) >= 11 is 1.24. The molecule has 1 rings (SSSR count). The van der Waals surface area contributed by atoms with Gasteiger partial charge < -0.3 is 9.64 Å². The third kappa shape index (κ3) is 2.16. The van der Waals surface area contributed by atoms with E-state index in [1.54, 1.807) is 11.9 Å². The van der Waals surface area contributed by atoms with Crippen LogP contribution in [0.2, 0.25) is 0 Å². The first-order chi connectivity index (χ1) is 5.74. The smallest absolute Gasteiger partial charge is 0.325 e. The maximum absolute atomic E-state index is 10.8. The minimum absolute atomic E-state index is 0.200. The quantitative estimate of drug-likeness (QED) is 0.630. The fourth-order valence-corrected chi connectivity index (χ4v) is 1.15. The third-order valence-electron chi connectivity index (χ3n) is 1.27. The van der Waals surface area contributed by atoms with Crippen LogP contribution in [0.1, 0.15) is 0 Å². The summed E-state index contributed by atoms with van der Waals surface area (Å²) in [5.41, 5.74) is 0. The first-order valence-corrected chi connectivity index (χ1v) is 4.06. The molecule has 0 aliphatic carbocycles. The molecule has 6 heteroatoms. The van der Waals surface area contributed by atoms with Gasteiger partial charge in [0.2, 0.25) is 5.13 Å². The molecule has 0 N–H and O–H groups in total. The van der Waals surface area contributed by atoms with Gasteiger partial charge >= 0.3 is 5.97 Å². The maximum Gasteiger partial charge on any atom is 0.325 e. The van der Waals surface area contributed by atoms with Gasteiger partial charge in [0.1, 0.15) is 12.9 Å².